The number of carbonyl (C=O) groups is 1. The lowest BCUT2D eigenvalue weighted by Gasteiger charge is -2.24. The fraction of sp³-hybridized carbons (Fsp3) is 0.900. The van der Waals surface area contributed by atoms with E-state index in [0.717, 1.165) is 19.7 Å². The van der Waals surface area contributed by atoms with Gasteiger partial charge in [-0.15, -0.1) is 0 Å². The summed E-state index contributed by atoms with van der Waals surface area (Å²) in [5, 5.41) is 3.03. The Hall–Kier alpha value is -0.610. The lowest BCUT2D eigenvalue weighted by molar-refractivity contribution is -0.151. The van der Waals surface area contributed by atoms with Crippen molar-refractivity contribution in [3.8, 4) is 0 Å². The molecule has 0 aliphatic carbocycles. The minimum absolute atomic E-state index is 0.0695. The summed E-state index contributed by atoms with van der Waals surface area (Å²) in [5.74, 6) is 0.499. The molecule has 1 aliphatic rings. The number of hydrogen-bond acceptors (Lipinski definition) is 4. The zero-order chi connectivity index (χ0) is 10.4. The van der Waals surface area contributed by atoms with Crippen LogP contribution in [-0.4, -0.2) is 38.9 Å². The first kappa shape index (κ1) is 11.5. The highest BCUT2D eigenvalue weighted by Crippen LogP contribution is 2.04. The highest BCUT2D eigenvalue weighted by Gasteiger charge is 2.25. The molecule has 1 N–H and O–H groups in total. The number of ether oxygens (including phenoxy) is 2. The van der Waals surface area contributed by atoms with Crippen molar-refractivity contribution in [1.29, 1.82) is 0 Å². The number of esters is 1. The Labute approximate surface area is 85.0 Å². The summed E-state index contributed by atoms with van der Waals surface area (Å²) < 4.78 is 10.3. The van der Waals surface area contributed by atoms with Crippen molar-refractivity contribution in [1.82, 2.24) is 5.32 Å². The molecule has 0 aromatic carbocycles. The highest BCUT2D eigenvalue weighted by molar-refractivity contribution is 5.73. The third-order valence-corrected chi connectivity index (χ3v) is 2.04. The minimum atomic E-state index is -0.100. The van der Waals surface area contributed by atoms with Gasteiger partial charge in [-0.2, -0.15) is 0 Å². The van der Waals surface area contributed by atoms with Crippen molar-refractivity contribution in [3.63, 3.8) is 0 Å². The van der Waals surface area contributed by atoms with Crippen LogP contribution in [0.1, 0.15) is 13.8 Å². The molecule has 1 rings (SSSR count). The fourth-order valence-electron chi connectivity index (χ4n) is 1.09. The van der Waals surface area contributed by atoms with Gasteiger partial charge in [-0.3, -0.25) is 4.79 Å². The third-order valence-electron chi connectivity index (χ3n) is 2.04. The van der Waals surface area contributed by atoms with E-state index in [4.69, 9.17) is 9.47 Å². The maximum Gasteiger partial charge on any atom is 0.311 e. The highest BCUT2D eigenvalue weighted by atomic mass is 16.6. The average molecular weight is 201 g/mol. The normalized spacial score (nSPS) is 16.8. The first-order chi connectivity index (χ1) is 6.70. The SMILES string of the molecule is CC(C)COCCOC(=O)C1CNC1. The lowest BCUT2D eigenvalue weighted by atomic mass is 10.0. The number of rotatable bonds is 6. The lowest BCUT2D eigenvalue weighted by Crippen LogP contribution is -2.47. The summed E-state index contributed by atoms with van der Waals surface area (Å²) in [6.45, 7) is 7.30. The van der Waals surface area contributed by atoms with E-state index in [0.29, 0.717) is 19.1 Å². The van der Waals surface area contributed by atoms with E-state index in [-0.39, 0.29) is 11.9 Å². The first-order valence-corrected chi connectivity index (χ1v) is 5.15. The second-order valence-electron chi connectivity index (χ2n) is 3.99. The Morgan fingerprint density at radius 3 is 2.64 bits per heavy atom. The second-order valence-corrected chi connectivity index (χ2v) is 3.99. The zero-order valence-electron chi connectivity index (χ0n) is 8.91. The van der Waals surface area contributed by atoms with Crippen LogP contribution in [0.5, 0.6) is 0 Å². The molecule has 4 nitrogen and oxygen atoms in total. The molecule has 0 saturated carbocycles. The van der Waals surface area contributed by atoms with Gasteiger partial charge in [-0.1, -0.05) is 13.8 Å². The Kier molecular flexibility index (Phi) is 4.90. The van der Waals surface area contributed by atoms with E-state index in [2.05, 4.69) is 19.2 Å². The van der Waals surface area contributed by atoms with Crippen LogP contribution >= 0.6 is 0 Å². The minimum Gasteiger partial charge on any atom is -0.463 e. The zero-order valence-corrected chi connectivity index (χ0v) is 8.91. The van der Waals surface area contributed by atoms with Crippen LogP contribution in [0.4, 0.5) is 0 Å². The molecule has 0 radical (unpaired) electrons. The molecular weight excluding hydrogens is 182 g/mol. The van der Waals surface area contributed by atoms with Gasteiger partial charge in [-0.05, 0) is 5.92 Å². The molecule has 14 heavy (non-hydrogen) atoms. The van der Waals surface area contributed by atoms with Crippen molar-refractivity contribution in [3.05, 3.63) is 0 Å². The predicted octanol–water partition coefficient (Wildman–Crippen LogP) is 0.422. The number of hydrogen-bond donors (Lipinski definition) is 1. The number of carbonyl (C=O) groups excluding carboxylic acids is 1. The molecule has 1 saturated heterocycles. The van der Waals surface area contributed by atoms with Crippen LogP contribution in [-0.2, 0) is 14.3 Å². The van der Waals surface area contributed by atoms with E-state index in [1.165, 1.54) is 0 Å². The van der Waals surface area contributed by atoms with Crippen LogP contribution in [0, 0.1) is 11.8 Å². The van der Waals surface area contributed by atoms with Crippen molar-refractivity contribution >= 4 is 5.97 Å². The molecule has 4 heteroatoms. The van der Waals surface area contributed by atoms with E-state index < -0.39 is 0 Å². The smallest absolute Gasteiger partial charge is 0.311 e. The quantitative estimate of drug-likeness (QED) is 0.500. The summed E-state index contributed by atoms with van der Waals surface area (Å²) in [5.41, 5.74) is 0. The average Bonchev–Trinajstić information content (AvgIpc) is 1.99. The maximum atomic E-state index is 11.2. The van der Waals surface area contributed by atoms with Crippen molar-refractivity contribution in [2.45, 2.75) is 13.8 Å². The topological polar surface area (TPSA) is 47.6 Å². The van der Waals surface area contributed by atoms with Gasteiger partial charge in [0.1, 0.15) is 6.61 Å². The summed E-state index contributed by atoms with van der Waals surface area (Å²) in [6, 6.07) is 0. The molecule has 1 aliphatic heterocycles. The molecule has 0 spiro atoms. The largest absolute Gasteiger partial charge is 0.463 e. The molecule has 1 heterocycles. The molecule has 0 unspecified atom stereocenters. The molecule has 0 atom stereocenters. The molecule has 0 bridgehead atoms. The standard InChI is InChI=1S/C10H19NO3/c1-8(2)7-13-3-4-14-10(12)9-5-11-6-9/h8-9,11H,3-7H2,1-2H3. The molecule has 1 fully saturated rings. The van der Waals surface area contributed by atoms with Gasteiger partial charge in [0.25, 0.3) is 0 Å². The van der Waals surface area contributed by atoms with E-state index in [9.17, 15) is 4.79 Å². The predicted molar refractivity (Wildman–Crippen MR) is 53.0 cm³/mol. The molecule has 82 valence electrons. The molecule has 0 aromatic heterocycles. The maximum absolute atomic E-state index is 11.2. The summed E-state index contributed by atoms with van der Waals surface area (Å²) in [6.07, 6.45) is 0. The monoisotopic (exact) mass is 201 g/mol. The van der Waals surface area contributed by atoms with Crippen LogP contribution in [0.2, 0.25) is 0 Å². The van der Waals surface area contributed by atoms with Gasteiger partial charge in [-0.25, -0.2) is 0 Å². The summed E-state index contributed by atoms with van der Waals surface area (Å²) in [4.78, 5) is 11.2. The fourth-order valence-corrected chi connectivity index (χ4v) is 1.09. The Morgan fingerprint density at radius 2 is 2.14 bits per heavy atom. The Balaban J connectivity index is 1.90. The van der Waals surface area contributed by atoms with Gasteiger partial charge in [0, 0.05) is 19.7 Å². The van der Waals surface area contributed by atoms with Gasteiger partial charge >= 0.3 is 5.97 Å². The van der Waals surface area contributed by atoms with E-state index in [1.807, 2.05) is 0 Å². The molecule has 0 aromatic rings. The van der Waals surface area contributed by atoms with Gasteiger partial charge in [0.05, 0.1) is 12.5 Å². The second kappa shape index (κ2) is 5.98. The van der Waals surface area contributed by atoms with Crippen molar-refractivity contribution in [2.75, 3.05) is 32.9 Å². The summed E-state index contributed by atoms with van der Waals surface area (Å²) in [7, 11) is 0. The van der Waals surface area contributed by atoms with Crippen LogP contribution in [0.25, 0.3) is 0 Å². The first-order valence-electron chi connectivity index (χ1n) is 5.15. The number of nitrogens with one attached hydrogen (secondary N) is 1. The molecule has 0 amide bonds. The van der Waals surface area contributed by atoms with E-state index in [1.54, 1.807) is 0 Å². The third kappa shape index (κ3) is 4.07. The van der Waals surface area contributed by atoms with Crippen LogP contribution in [0.15, 0.2) is 0 Å². The van der Waals surface area contributed by atoms with Crippen molar-refractivity contribution < 1.29 is 14.3 Å². The van der Waals surface area contributed by atoms with Crippen molar-refractivity contribution in [2.24, 2.45) is 11.8 Å². The summed E-state index contributed by atoms with van der Waals surface area (Å²) >= 11 is 0. The molecular formula is C10H19NO3. The van der Waals surface area contributed by atoms with E-state index >= 15 is 0 Å². The van der Waals surface area contributed by atoms with Gasteiger partial charge in [0.15, 0.2) is 0 Å². The Bertz CT molecular complexity index is 178. The van der Waals surface area contributed by atoms with Crippen LogP contribution < -0.4 is 5.32 Å². The Morgan fingerprint density at radius 1 is 1.43 bits per heavy atom. The van der Waals surface area contributed by atoms with Crippen LogP contribution in [0.3, 0.4) is 0 Å². The van der Waals surface area contributed by atoms with Gasteiger partial charge < -0.3 is 14.8 Å². The van der Waals surface area contributed by atoms with Gasteiger partial charge in [0.2, 0.25) is 0 Å².